The Kier molecular flexibility index (Phi) is 6.13. The van der Waals surface area contributed by atoms with Crippen LogP contribution in [0.25, 0.3) is 0 Å². The smallest absolute Gasteiger partial charge is 0.334 e. The SMILES string of the molecule is [2H]C(C(=O)N[C@@H](C)C(=O)N1CCC[C@H]1C(=O)N1CCC[C@H]1C(=O)O)P(=O)(O)O. The van der Waals surface area contributed by atoms with Gasteiger partial charge >= 0.3 is 13.6 Å². The van der Waals surface area contributed by atoms with Crippen molar-refractivity contribution in [1.82, 2.24) is 15.1 Å². The Morgan fingerprint density at radius 3 is 2.26 bits per heavy atom. The maximum Gasteiger partial charge on any atom is 0.334 e. The third kappa shape index (κ3) is 5.27. The molecule has 0 spiro atoms. The molecule has 27 heavy (non-hydrogen) atoms. The van der Waals surface area contributed by atoms with Gasteiger partial charge < -0.3 is 30.0 Å². The molecule has 2 heterocycles. The molecular weight excluding hydrogens is 381 g/mol. The first-order chi connectivity index (χ1) is 12.9. The van der Waals surface area contributed by atoms with Crippen LogP contribution < -0.4 is 5.32 Å². The molecule has 2 aliphatic rings. The summed E-state index contributed by atoms with van der Waals surface area (Å²) in [5, 5.41) is 11.3. The summed E-state index contributed by atoms with van der Waals surface area (Å²) in [6, 6.07) is -2.97. The molecule has 0 saturated carbocycles. The van der Waals surface area contributed by atoms with E-state index in [-0.39, 0.29) is 6.54 Å². The summed E-state index contributed by atoms with van der Waals surface area (Å²) < 4.78 is 18.2. The van der Waals surface area contributed by atoms with Gasteiger partial charge in [-0.05, 0) is 32.6 Å². The molecule has 2 fully saturated rings. The van der Waals surface area contributed by atoms with Gasteiger partial charge in [0.15, 0.2) is 0 Å². The quantitative estimate of drug-likeness (QED) is 0.397. The lowest BCUT2D eigenvalue weighted by atomic mass is 10.1. The van der Waals surface area contributed by atoms with E-state index in [1.165, 1.54) is 16.7 Å². The number of carboxylic acids is 1. The summed E-state index contributed by atoms with van der Waals surface area (Å²) >= 11 is 0. The third-order valence-corrected chi connectivity index (χ3v) is 5.23. The predicted octanol–water partition coefficient (Wildman–Crippen LogP) is -1.26. The average molecular weight is 406 g/mol. The zero-order chi connectivity index (χ0) is 21.2. The van der Waals surface area contributed by atoms with E-state index in [1.807, 2.05) is 0 Å². The van der Waals surface area contributed by atoms with E-state index in [0.29, 0.717) is 32.2 Å². The number of aliphatic carboxylic acids is 1. The van der Waals surface area contributed by atoms with Crippen LogP contribution in [0, 0.1) is 0 Å². The van der Waals surface area contributed by atoms with Crippen LogP contribution in [0.4, 0.5) is 0 Å². The van der Waals surface area contributed by atoms with Gasteiger partial charge in [-0.25, -0.2) is 4.79 Å². The molecule has 1 unspecified atom stereocenters. The number of carbonyl (C=O) groups excluding carboxylic acids is 3. The van der Waals surface area contributed by atoms with E-state index in [9.17, 15) is 28.8 Å². The zero-order valence-corrected chi connectivity index (χ0v) is 15.7. The van der Waals surface area contributed by atoms with E-state index >= 15 is 0 Å². The standard InChI is InChI=1S/C15H24N3O8P/c1-9(16-12(19)8-27(24,25)26)13(20)17-6-2-4-10(17)14(21)18-7-3-5-11(18)15(22)23/h9-11H,2-8H2,1H3,(H,16,19)(H,22,23)(H2,24,25,26)/t9-,10-,11-/m0/s1/i8D/t8?,9-,10-,11-. The molecule has 0 aliphatic carbocycles. The summed E-state index contributed by atoms with van der Waals surface area (Å²) in [6.45, 7) is 1.83. The molecule has 4 atom stereocenters. The van der Waals surface area contributed by atoms with Gasteiger partial charge in [0, 0.05) is 14.5 Å². The highest BCUT2D eigenvalue weighted by Crippen LogP contribution is 2.33. The van der Waals surface area contributed by atoms with Gasteiger partial charge in [-0.1, -0.05) is 0 Å². The lowest BCUT2D eigenvalue weighted by Gasteiger charge is -2.31. The first-order valence-corrected chi connectivity index (χ1v) is 10.2. The van der Waals surface area contributed by atoms with Gasteiger partial charge in [0.25, 0.3) is 0 Å². The number of hydrogen-bond donors (Lipinski definition) is 4. The highest BCUT2D eigenvalue weighted by molar-refractivity contribution is 7.52. The van der Waals surface area contributed by atoms with E-state index in [1.54, 1.807) is 0 Å². The Bertz CT molecular complexity index is 713. The van der Waals surface area contributed by atoms with Gasteiger partial charge in [0.1, 0.15) is 24.3 Å². The second-order valence-corrected chi connectivity index (χ2v) is 8.10. The van der Waals surface area contributed by atoms with Crippen LogP contribution >= 0.6 is 7.60 Å². The highest BCUT2D eigenvalue weighted by atomic mass is 31.2. The molecule has 2 aliphatic heterocycles. The Morgan fingerprint density at radius 1 is 1.15 bits per heavy atom. The zero-order valence-electron chi connectivity index (χ0n) is 15.8. The van der Waals surface area contributed by atoms with Crippen molar-refractivity contribution in [3.8, 4) is 0 Å². The van der Waals surface area contributed by atoms with Crippen molar-refractivity contribution in [2.45, 2.75) is 50.7 Å². The molecule has 11 nitrogen and oxygen atoms in total. The van der Waals surface area contributed by atoms with Crippen molar-refractivity contribution < 1.29 is 40.0 Å². The minimum Gasteiger partial charge on any atom is -0.480 e. The van der Waals surface area contributed by atoms with Crippen molar-refractivity contribution in [1.29, 1.82) is 0 Å². The molecule has 0 aromatic rings. The fourth-order valence-electron chi connectivity index (χ4n) is 3.48. The van der Waals surface area contributed by atoms with Crippen molar-refractivity contribution in [2.24, 2.45) is 0 Å². The fraction of sp³-hybridized carbons (Fsp3) is 0.733. The van der Waals surface area contributed by atoms with Crippen LogP contribution in [0.3, 0.4) is 0 Å². The fourth-order valence-corrected chi connectivity index (χ4v) is 3.86. The van der Waals surface area contributed by atoms with E-state index in [0.717, 1.165) is 0 Å². The normalized spacial score (nSPS) is 25.7. The lowest BCUT2D eigenvalue weighted by molar-refractivity contribution is -0.152. The van der Waals surface area contributed by atoms with Crippen LogP contribution in [0.15, 0.2) is 0 Å². The highest BCUT2D eigenvalue weighted by Gasteiger charge is 2.43. The molecule has 152 valence electrons. The summed E-state index contributed by atoms with van der Waals surface area (Å²) in [7, 11) is -4.97. The molecule has 3 amide bonds. The Balaban J connectivity index is 2.06. The van der Waals surface area contributed by atoms with Crippen LogP contribution in [0.1, 0.15) is 34.0 Å². The van der Waals surface area contributed by atoms with E-state index < -0.39 is 55.6 Å². The minimum atomic E-state index is -4.97. The molecule has 0 bridgehead atoms. The van der Waals surface area contributed by atoms with E-state index in [4.69, 9.17) is 11.2 Å². The monoisotopic (exact) mass is 406 g/mol. The first kappa shape index (κ1) is 19.8. The number of carbonyl (C=O) groups is 4. The van der Waals surface area contributed by atoms with Crippen LogP contribution in [0.2, 0.25) is 0 Å². The number of nitrogens with zero attached hydrogens (tertiary/aromatic N) is 2. The molecule has 2 saturated heterocycles. The molecule has 12 heteroatoms. The number of rotatable bonds is 6. The Hall–Kier alpha value is -1.97. The molecular formula is C15H24N3O8P. The van der Waals surface area contributed by atoms with Crippen molar-refractivity contribution in [3.63, 3.8) is 0 Å². The van der Waals surface area contributed by atoms with Crippen LogP contribution in [-0.2, 0) is 23.7 Å². The molecule has 2 rings (SSSR count). The summed E-state index contributed by atoms with van der Waals surface area (Å²) in [5.41, 5.74) is 0. The summed E-state index contributed by atoms with van der Waals surface area (Å²) in [6.07, 6.45) is -0.556. The minimum absolute atomic E-state index is 0.240. The number of carboxylic acid groups (broad SMARTS) is 1. The molecule has 4 N–H and O–H groups in total. The maximum absolute atomic E-state index is 12.8. The molecule has 0 aromatic heterocycles. The Morgan fingerprint density at radius 2 is 1.70 bits per heavy atom. The van der Waals surface area contributed by atoms with Crippen LogP contribution in [-0.4, -0.2) is 85.7 Å². The van der Waals surface area contributed by atoms with Crippen LogP contribution in [0.5, 0.6) is 0 Å². The largest absolute Gasteiger partial charge is 0.480 e. The lowest BCUT2D eigenvalue weighted by Crippen LogP contribution is -2.54. The summed E-state index contributed by atoms with van der Waals surface area (Å²) in [4.78, 5) is 68.9. The summed E-state index contributed by atoms with van der Waals surface area (Å²) in [5.74, 6) is -3.47. The van der Waals surface area contributed by atoms with Crippen molar-refractivity contribution >= 4 is 31.3 Å². The number of hydrogen-bond acceptors (Lipinski definition) is 5. The maximum atomic E-state index is 12.8. The number of amides is 3. The van der Waals surface area contributed by atoms with Crippen molar-refractivity contribution in [2.75, 3.05) is 19.2 Å². The molecule has 0 radical (unpaired) electrons. The van der Waals surface area contributed by atoms with Gasteiger partial charge in [0.2, 0.25) is 17.7 Å². The van der Waals surface area contributed by atoms with Gasteiger partial charge in [-0.2, -0.15) is 0 Å². The van der Waals surface area contributed by atoms with Gasteiger partial charge in [-0.15, -0.1) is 0 Å². The van der Waals surface area contributed by atoms with E-state index in [2.05, 4.69) is 5.32 Å². The topological polar surface area (TPSA) is 165 Å². The first-order valence-electron chi connectivity index (χ1n) is 9.14. The Labute approximate surface area is 157 Å². The van der Waals surface area contributed by atoms with Crippen molar-refractivity contribution in [3.05, 3.63) is 0 Å². The second kappa shape index (κ2) is 8.37. The average Bonchev–Trinajstić information content (AvgIpc) is 3.27. The predicted molar refractivity (Wildman–Crippen MR) is 91.6 cm³/mol. The molecule has 0 aromatic carbocycles. The number of likely N-dealkylation sites (tertiary alicyclic amines) is 2. The third-order valence-electron chi connectivity index (χ3n) is 4.66. The van der Waals surface area contributed by atoms with Gasteiger partial charge in [0.05, 0.1) is 0 Å². The second-order valence-electron chi connectivity index (χ2n) is 6.67. The number of nitrogens with one attached hydrogen (secondary N) is 1. The van der Waals surface area contributed by atoms with Gasteiger partial charge in [-0.3, -0.25) is 18.9 Å².